The van der Waals surface area contributed by atoms with Crippen molar-refractivity contribution in [3.8, 4) is 0 Å². The van der Waals surface area contributed by atoms with Crippen LogP contribution in [0.3, 0.4) is 0 Å². The number of hydrogen-bond acceptors (Lipinski definition) is 3. The summed E-state index contributed by atoms with van der Waals surface area (Å²) in [6.45, 7) is 3.92. The second-order valence-corrected chi connectivity index (χ2v) is 4.99. The number of aryl methyl sites for hydroxylation is 2. The SMILES string of the molecule is COC(=O)c1ccccc1NC(=O)Nc1cc(C)cc(C)c1. The van der Waals surface area contributed by atoms with E-state index in [0.717, 1.165) is 11.1 Å². The fourth-order valence-electron chi connectivity index (χ4n) is 2.21. The van der Waals surface area contributed by atoms with Crippen molar-refractivity contribution in [2.45, 2.75) is 13.8 Å². The molecule has 0 aliphatic carbocycles. The molecule has 2 rings (SSSR count). The lowest BCUT2D eigenvalue weighted by molar-refractivity contribution is 0.0602. The molecule has 2 amide bonds. The molecule has 0 spiro atoms. The fourth-order valence-corrected chi connectivity index (χ4v) is 2.21. The van der Waals surface area contributed by atoms with Gasteiger partial charge in [0.1, 0.15) is 0 Å². The zero-order chi connectivity index (χ0) is 16.1. The number of anilines is 2. The molecule has 2 aromatic carbocycles. The quantitative estimate of drug-likeness (QED) is 0.848. The molecule has 5 heteroatoms. The molecule has 0 radical (unpaired) electrons. The minimum atomic E-state index is -0.498. The largest absolute Gasteiger partial charge is 0.465 e. The van der Waals surface area contributed by atoms with Crippen molar-refractivity contribution in [2.24, 2.45) is 0 Å². The van der Waals surface area contributed by atoms with Crippen LogP contribution in [0.1, 0.15) is 21.5 Å². The van der Waals surface area contributed by atoms with Crippen LogP contribution in [0.5, 0.6) is 0 Å². The van der Waals surface area contributed by atoms with E-state index in [1.54, 1.807) is 24.3 Å². The maximum Gasteiger partial charge on any atom is 0.339 e. The lowest BCUT2D eigenvalue weighted by Crippen LogP contribution is -2.21. The first kappa shape index (κ1) is 15.6. The van der Waals surface area contributed by atoms with Crippen LogP contribution in [0.15, 0.2) is 42.5 Å². The minimum absolute atomic E-state index is 0.306. The second-order valence-electron chi connectivity index (χ2n) is 4.99. The van der Waals surface area contributed by atoms with Crippen LogP contribution < -0.4 is 10.6 Å². The number of carbonyl (C=O) groups is 2. The van der Waals surface area contributed by atoms with E-state index in [-0.39, 0.29) is 0 Å². The van der Waals surface area contributed by atoms with Crippen molar-refractivity contribution in [3.05, 3.63) is 59.2 Å². The Morgan fingerprint density at radius 1 is 0.955 bits per heavy atom. The van der Waals surface area contributed by atoms with Crippen LogP contribution in [0, 0.1) is 13.8 Å². The average molecular weight is 298 g/mol. The summed E-state index contributed by atoms with van der Waals surface area (Å²) in [7, 11) is 1.30. The topological polar surface area (TPSA) is 67.4 Å². The molecule has 22 heavy (non-hydrogen) atoms. The first-order valence-corrected chi connectivity index (χ1v) is 6.83. The van der Waals surface area contributed by atoms with Gasteiger partial charge < -0.3 is 15.4 Å². The van der Waals surface area contributed by atoms with Gasteiger partial charge in [-0.05, 0) is 49.2 Å². The number of carbonyl (C=O) groups excluding carboxylic acids is 2. The first-order valence-electron chi connectivity index (χ1n) is 6.83. The number of hydrogen-bond donors (Lipinski definition) is 2. The maximum atomic E-state index is 12.1. The summed E-state index contributed by atoms with van der Waals surface area (Å²) < 4.78 is 4.70. The van der Waals surface area contributed by atoms with E-state index in [4.69, 9.17) is 4.74 Å². The van der Waals surface area contributed by atoms with Crippen LogP contribution in [-0.4, -0.2) is 19.1 Å². The van der Waals surface area contributed by atoms with Gasteiger partial charge in [0.05, 0.1) is 18.4 Å². The zero-order valence-electron chi connectivity index (χ0n) is 12.8. The Balaban J connectivity index is 2.14. The van der Waals surface area contributed by atoms with E-state index in [2.05, 4.69) is 10.6 Å². The Morgan fingerprint density at radius 3 is 2.23 bits per heavy atom. The Hall–Kier alpha value is -2.82. The van der Waals surface area contributed by atoms with Gasteiger partial charge in [0.15, 0.2) is 0 Å². The van der Waals surface area contributed by atoms with E-state index in [1.807, 2.05) is 32.0 Å². The predicted molar refractivity (Wildman–Crippen MR) is 86.3 cm³/mol. The highest BCUT2D eigenvalue weighted by Crippen LogP contribution is 2.18. The highest BCUT2D eigenvalue weighted by molar-refractivity contribution is 6.05. The molecule has 2 aromatic rings. The van der Waals surface area contributed by atoms with Crippen molar-refractivity contribution in [1.29, 1.82) is 0 Å². The van der Waals surface area contributed by atoms with Crippen molar-refractivity contribution < 1.29 is 14.3 Å². The van der Waals surface area contributed by atoms with Gasteiger partial charge in [0.2, 0.25) is 0 Å². The van der Waals surface area contributed by atoms with Crippen LogP contribution in [-0.2, 0) is 4.74 Å². The molecule has 0 unspecified atom stereocenters. The Morgan fingerprint density at radius 2 is 1.59 bits per heavy atom. The van der Waals surface area contributed by atoms with E-state index in [0.29, 0.717) is 16.9 Å². The summed E-state index contributed by atoms with van der Waals surface area (Å²) in [5, 5.41) is 5.42. The number of benzene rings is 2. The molecule has 0 atom stereocenters. The molecule has 0 heterocycles. The van der Waals surface area contributed by atoms with Gasteiger partial charge in [-0.2, -0.15) is 0 Å². The molecule has 0 saturated carbocycles. The Bertz CT molecular complexity index is 691. The smallest absolute Gasteiger partial charge is 0.339 e. The van der Waals surface area contributed by atoms with Crippen molar-refractivity contribution in [3.63, 3.8) is 0 Å². The highest BCUT2D eigenvalue weighted by Gasteiger charge is 2.13. The van der Waals surface area contributed by atoms with Crippen LogP contribution in [0.25, 0.3) is 0 Å². The number of rotatable bonds is 3. The summed E-state index contributed by atoms with van der Waals surface area (Å²) in [6.07, 6.45) is 0. The fraction of sp³-hybridized carbons (Fsp3) is 0.176. The number of amides is 2. The van der Waals surface area contributed by atoms with Gasteiger partial charge in [-0.3, -0.25) is 0 Å². The molecule has 0 saturated heterocycles. The molecule has 0 bridgehead atoms. The minimum Gasteiger partial charge on any atom is -0.465 e. The van der Waals surface area contributed by atoms with Gasteiger partial charge in [-0.25, -0.2) is 9.59 Å². The van der Waals surface area contributed by atoms with Crippen molar-refractivity contribution in [2.75, 3.05) is 17.7 Å². The molecular weight excluding hydrogens is 280 g/mol. The molecule has 0 aliphatic rings. The van der Waals surface area contributed by atoms with E-state index < -0.39 is 12.0 Å². The molecule has 2 N–H and O–H groups in total. The molecular formula is C17H18N2O3. The number of nitrogens with one attached hydrogen (secondary N) is 2. The zero-order valence-corrected chi connectivity index (χ0v) is 12.8. The Kier molecular flexibility index (Phi) is 4.78. The van der Waals surface area contributed by atoms with Crippen molar-refractivity contribution >= 4 is 23.4 Å². The lowest BCUT2D eigenvalue weighted by Gasteiger charge is -2.11. The second kappa shape index (κ2) is 6.76. The highest BCUT2D eigenvalue weighted by atomic mass is 16.5. The molecule has 0 aliphatic heterocycles. The summed E-state index contributed by atoms with van der Waals surface area (Å²) >= 11 is 0. The van der Waals surface area contributed by atoms with Crippen LogP contribution >= 0.6 is 0 Å². The Labute approximate surface area is 129 Å². The molecule has 0 fully saturated rings. The number of esters is 1. The number of urea groups is 1. The predicted octanol–water partition coefficient (Wildman–Crippen LogP) is 3.73. The standard InChI is InChI=1S/C17H18N2O3/c1-11-8-12(2)10-13(9-11)18-17(21)19-15-7-5-4-6-14(15)16(20)22-3/h4-10H,1-3H3,(H2,18,19,21). The normalized spacial score (nSPS) is 9.95. The van der Waals surface area contributed by atoms with Gasteiger partial charge in [-0.1, -0.05) is 18.2 Å². The van der Waals surface area contributed by atoms with Crippen LogP contribution in [0.4, 0.5) is 16.2 Å². The lowest BCUT2D eigenvalue weighted by atomic mass is 10.1. The van der Waals surface area contributed by atoms with Gasteiger partial charge in [0.25, 0.3) is 0 Å². The van der Waals surface area contributed by atoms with Gasteiger partial charge >= 0.3 is 12.0 Å². The van der Waals surface area contributed by atoms with E-state index in [1.165, 1.54) is 7.11 Å². The number of methoxy groups -OCH3 is 1. The third-order valence-corrected chi connectivity index (χ3v) is 3.06. The summed E-state index contributed by atoms with van der Waals surface area (Å²) in [5.41, 5.74) is 3.53. The molecule has 5 nitrogen and oxygen atoms in total. The summed E-state index contributed by atoms with van der Waals surface area (Å²) in [5.74, 6) is -0.498. The van der Waals surface area contributed by atoms with E-state index in [9.17, 15) is 9.59 Å². The van der Waals surface area contributed by atoms with Crippen LogP contribution in [0.2, 0.25) is 0 Å². The monoisotopic (exact) mass is 298 g/mol. The van der Waals surface area contributed by atoms with Gasteiger partial charge in [-0.15, -0.1) is 0 Å². The number of para-hydroxylation sites is 1. The number of ether oxygens (including phenoxy) is 1. The summed E-state index contributed by atoms with van der Waals surface area (Å²) in [4.78, 5) is 23.8. The van der Waals surface area contributed by atoms with Gasteiger partial charge in [0, 0.05) is 5.69 Å². The molecule has 114 valence electrons. The maximum absolute atomic E-state index is 12.1. The van der Waals surface area contributed by atoms with E-state index >= 15 is 0 Å². The average Bonchev–Trinajstić information content (AvgIpc) is 2.45. The molecule has 0 aromatic heterocycles. The van der Waals surface area contributed by atoms with Crippen molar-refractivity contribution in [1.82, 2.24) is 0 Å². The third kappa shape index (κ3) is 3.85. The third-order valence-electron chi connectivity index (χ3n) is 3.06. The summed E-state index contributed by atoms with van der Waals surface area (Å²) in [6, 6.07) is 12.0. The first-order chi connectivity index (χ1) is 10.5.